The van der Waals surface area contributed by atoms with Crippen LogP contribution >= 0.6 is 0 Å². The molecule has 8 heteroatoms. The number of nitrogens with one attached hydrogen (secondary N) is 2. The van der Waals surface area contributed by atoms with Crippen molar-refractivity contribution in [3.8, 4) is 0 Å². The number of aromatic nitrogens is 1. The predicted molar refractivity (Wildman–Crippen MR) is 148 cm³/mol. The minimum Gasteiger partial charge on any atom is -0.395 e. The van der Waals surface area contributed by atoms with E-state index in [9.17, 15) is 18.7 Å². The quantitative estimate of drug-likeness (QED) is 0.192. The van der Waals surface area contributed by atoms with E-state index in [0.717, 1.165) is 47.9 Å². The minimum absolute atomic E-state index is 0.0341. The lowest BCUT2D eigenvalue weighted by Gasteiger charge is -2.21. The number of hydrogen-bond acceptors (Lipinski definition) is 4. The fourth-order valence-electron chi connectivity index (χ4n) is 4.56. The molecule has 0 unspecified atom stereocenters. The SMILES string of the molecule is O=C(COCc1ccc(F)cc1)NCCCc1ccc(CN(CCO)CCc2c[nH]c3c(F)cccc23)cc1. The van der Waals surface area contributed by atoms with Crippen LogP contribution in [0.2, 0.25) is 0 Å². The van der Waals surface area contributed by atoms with Crippen LogP contribution in [0.5, 0.6) is 0 Å². The van der Waals surface area contributed by atoms with Gasteiger partial charge in [0.25, 0.3) is 0 Å². The molecule has 6 nitrogen and oxygen atoms in total. The molecule has 1 aromatic heterocycles. The number of aryl methyl sites for hydroxylation is 1. The van der Waals surface area contributed by atoms with Gasteiger partial charge in [-0.25, -0.2) is 8.78 Å². The van der Waals surface area contributed by atoms with Crippen LogP contribution in [0.4, 0.5) is 8.78 Å². The molecule has 4 rings (SSSR count). The van der Waals surface area contributed by atoms with Crippen LogP contribution in [0, 0.1) is 11.6 Å². The molecule has 0 radical (unpaired) electrons. The number of rotatable bonds is 15. The molecule has 0 spiro atoms. The van der Waals surface area contributed by atoms with Gasteiger partial charge in [-0.2, -0.15) is 0 Å². The number of fused-ring (bicyclic) bond motifs is 1. The Morgan fingerprint density at radius 3 is 2.44 bits per heavy atom. The second kappa shape index (κ2) is 14.5. The van der Waals surface area contributed by atoms with Gasteiger partial charge in [0.15, 0.2) is 0 Å². The van der Waals surface area contributed by atoms with E-state index in [2.05, 4.69) is 39.5 Å². The summed E-state index contributed by atoms with van der Waals surface area (Å²) in [6.45, 7) is 2.88. The summed E-state index contributed by atoms with van der Waals surface area (Å²) in [7, 11) is 0. The number of carbonyl (C=O) groups is 1. The van der Waals surface area contributed by atoms with Crippen LogP contribution in [0.3, 0.4) is 0 Å². The number of para-hydroxylation sites is 1. The zero-order valence-electron chi connectivity index (χ0n) is 22.0. The van der Waals surface area contributed by atoms with Crippen LogP contribution in [-0.2, 0) is 35.5 Å². The first-order valence-electron chi connectivity index (χ1n) is 13.3. The van der Waals surface area contributed by atoms with Crippen LogP contribution in [0.1, 0.15) is 28.7 Å². The topological polar surface area (TPSA) is 77.6 Å². The Morgan fingerprint density at radius 2 is 1.67 bits per heavy atom. The monoisotopic (exact) mass is 535 g/mol. The Hall–Kier alpha value is -3.59. The number of nitrogens with zero attached hydrogens (tertiary/aromatic N) is 1. The van der Waals surface area contributed by atoms with Crippen molar-refractivity contribution in [3.05, 3.63) is 107 Å². The van der Waals surface area contributed by atoms with E-state index in [0.29, 0.717) is 25.2 Å². The molecule has 1 amide bonds. The van der Waals surface area contributed by atoms with Gasteiger partial charge in [0.05, 0.1) is 18.7 Å². The zero-order valence-corrected chi connectivity index (χ0v) is 22.0. The third-order valence-corrected chi connectivity index (χ3v) is 6.67. The average molecular weight is 536 g/mol. The summed E-state index contributed by atoms with van der Waals surface area (Å²) >= 11 is 0. The molecule has 4 aromatic rings. The number of H-pyrrole nitrogens is 1. The summed E-state index contributed by atoms with van der Waals surface area (Å²) in [6, 6.07) is 19.5. The maximum Gasteiger partial charge on any atom is 0.246 e. The summed E-state index contributed by atoms with van der Waals surface area (Å²) in [4.78, 5) is 17.2. The van der Waals surface area contributed by atoms with Crippen LogP contribution in [0.25, 0.3) is 10.9 Å². The lowest BCUT2D eigenvalue weighted by Crippen LogP contribution is -2.29. The van der Waals surface area contributed by atoms with Gasteiger partial charge in [-0.05, 0) is 59.7 Å². The van der Waals surface area contributed by atoms with Crippen molar-refractivity contribution in [1.82, 2.24) is 15.2 Å². The maximum absolute atomic E-state index is 14.0. The summed E-state index contributed by atoms with van der Waals surface area (Å²) < 4.78 is 32.3. The molecule has 0 atom stereocenters. The number of aliphatic hydroxyl groups is 1. The van der Waals surface area contributed by atoms with Gasteiger partial charge in [0, 0.05) is 37.8 Å². The van der Waals surface area contributed by atoms with Crippen molar-refractivity contribution >= 4 is 16.8 Å². The van der Waals surface area contributed by atoms with Crippen LogP contribution in [0.15, 0.2) is 72.9 Å². The predicted octanol–water partition coefficient (Wildman–Crippen LogP) is 4.75. The fraction of sp³-hybridized carbons (Fsp3) is 0.323. The molecule has 0 saturated carbocycles. The average Bonchev–Trinajstić information content (AvgIpc) is 3.36. The van der Waals surface area contributed by atoms with Crippen LogP contribution in [-0.4, -0.2) is 53.7 Å². The minimum atomic E-state index is -0.299. The zero-order chi connectivity index (χ0) is 27.5. The Kier molecular flexibility index (Phi) is 10.6. The molecular formula is C31H35F2N3O3. The molecule has 0 aliphatic rings. The molecule has 206 valence electrons. The molecule has 0 bridgehead atoms. The largest absolute Gasteiger partial charge is 0.395 e. The van der Waals surface area contributed by atoms with Gasteiger partial charge in [-0.15, -0.1) is 0 Å². The molecule has 39 heavy (non-hydrogen) atoms. The second-order valence-corrected chi connectivity index (χ2v) is 9.62. The van der Waals surface area contributed by atoms with Gasteiger partial charge in [-0.1, -0.05) is 48.5 Å². The number of aliphatic hydroxyl groups excluding tert-OH is 1. The fourth-order valence-corrected chi connectivity index (χ4v) is 4.56. The smallest absolute Gasteiger partial charge is 0.246 e. The van der Waals surface area contributed by atoms with Gasteiger partial charge >= 0.3 is 0 Å². The summed E-state index contributed by atoms with van der Waals surface area (Å²) in [6.07, 6.45) is 4.27. The van der Waals surface area contributed by atoms with Gasteiger partial charge in [0.1, 0.15) is 18.2 Å². The highest BCUT2D eigenvalue weighted by molar-refractivity contribution is 5.83. The van der Waals surface area contributed by atoms with E-state index in [1.54, 1.807) is 18.2 Å². The highest BCUT2D eigenvalue weighted by atomic mass is 19.1. The van der Waals surface area contributed by atoms with Crippen LogP contribution < -0.4 is 5.32 Å². The molecule has 0 saturated heterocycles. The first-order valence-corrected chi connectivity index (χ1v) is 13.3. The third kappa shape index (κ3) is 8.71. The van der Waals surface area contributed by atoms with E-state index >= 15 is 0 Å². The van der Waals surface area contributed by atoms with E-state index in [-0.39, 0.29) is 37.4 Å². The summed E-state index contributed by atoms with van der Waals surface area (Å²) in [5, 5.41) is 13.3. The third-order valence-electron chi connectivity index (χ3n) is 6.67. The van der Waals surface area contributed by atoms with Gasteiger partial charge < -0.3 is 20.1 Å². The lowest BCUT2D eigenvalue weighted by molar-refractivity contribution is -0.126. The number of halogens is 2. The number of aromatic amines is 1. The number of hydrogen-bond donors (Lipinski definition) is 3. The normalized spacial score (nSPS) is 11.4. The standard InChI is InChI=1S/C31H35F2N3O3/c32-27-12-10-25(11-13-27)21-39-22-30(38)34-15-2-3-23-6-8-24(9-7-23)20-36(17-18-37)16-14-26-19-35-31-28(26)4-1-5-29(31)33/h1,4-13,19,35,37H,2-3,14-18,20-22H2,(H,34,38). The van der Waals surface area contributed by atoms with Crippen molar-refractivity contribution in [2.24, 2.45) is 0 Å². The van der Waals surface area contributed by atoms with E-state index in [1.165, 1.54) is 23.8 Å². The Balaban J connectivity index is 1.16. The highest BCUT2D eigenvalue weighted by Gasteiger charge is 2.11. The second-order valence-electron chi connectivity index (χ2n) is 9.62. The van der Waals surface area contributed by atoms with E-state index in [1.807, 2.05) is 12.3 Å². The summed E-state index contributed by atoms with van der Waals surface area (Å²) in [5.74, 6) is -0.720. The number of benzene rings is 3. The first kappa shape index (κ1) is 28.4. The molecular weight excluding hydrogens is 500 g/mol. The van der Waals surface area contributed by atoms with Crippen molar-refractivity contribution in [2.45, 2.75) is 32.4 Å². The molecule has 3 N–H and O–H groups in total. The van der Waals surface area contributed by atoms with Crippen molar-refractivity contribution in [1.29, 1.82) is 0 Å². The first-order chi connectivity index (χ1) is 19.0. The maximum atomic E-state index is 14.0. The van der Waals surface area contributed by atoms with E-state index in [4.69, 9.17) is 4.74 Å². The van der Waals surface area contributed by atoms with Gasteiger partial charge in [-0.3, -0.25) is 9.69 Å². The Bertz CT molecular complexity index is 1320. The number of ether oxygens (including phenoxy) is 1. The molecule has 0 fully saturated rings. The van der Waals surface area contributed by atoms with Crippen molar-refractivity contribution in [3.63, 3.8) is 0 Å². The molecule has 0 aliphatic carbocycles. The Morgan fingerprint density at radius 1 is 0.923 bits per heavy atom. The summed E-state index contributed by atoms with van der Waals surface area (Å²) in [5.41, 5.74) is 4.76. The lowest BCUT2D eigenvalue weighted by atomic mass is 10.1. The molecule has 3 aromatic carbocycles. The van der Waals surface area contributed by atoms with Gasteiger partial charge in [0.2, 0.25) is 5.91 Å². The molecule has 0 aliphatic heterocycles. The molecule has 1 heterocycles. The van der Waals surface area contributed by atoms with Crippen molar-refractivity contribution in [2.75, 3.05) is 32.8 Å². The highest BCUT2D eigenvalue weighted by Crippen LogP contribution is 2.21. The number of amides is 1. The number of carbonyl (C=O) groups excluding carboxylic acids is 1. The Labute approximate surface area is 227 Å². The van der Waals surface area contributed by atoms with Crippen molar-refractivity contribution < 1.29 is 23.4 Å². The van der Waals surface area contributed by atoms with E-state index < -0.39 is 0 Å².